The minimum atomic E-state index is -0.575. The average molecular weight is 241 g/mol. The molecule has 1 aliphatic heterocycles. The van der Waals surface area contributed by atoms with Crippen molar-refractivity contribution in [3.8, 4) is 0 Å². The van der Waals surface area contributed by atoms with Crippen LogP contribution in [0, 0.1) is 0 Å². The fourth-order valence-electron chi connectivity index (χ4n) is 0.787. The average Bonchev–Trinajstić information content (AvgIpc) is 2.56. The molecular weight excluding hydrogens is 230 g/mol. The molecule has 16 heavy (non-hydrogen) atoms. The maximum absolute atomic E-state index is 11.3. The second kappa shape index (κ2) is 5.45. The molecular formula is C9H11N3O3S. The monoisotopic (exact) mass is 241 g/mol. The van der Waals surface area contributed by atoms with Crippen molar-refractivity contribution in [2.45, 2.75) is 13.8 Å². The van der Waals surface area contributed by atoms with Crippen LogP contribution in [0.3, 0.4) is 0 Å². The van der Waals surface area contributed by atoms with E-state index in [1.807, 2.05) is 0 Å². The van der Waals surface area contributed by atoms with E-state index in [0.29, 0.717) is 5.17 Å². The van der Waals surface area contributed by atoms with Crippen LogP contribution >= 0.6 is 11.8 Å². The zero-order valence-corrected chi connectivity index (χ0v) is 9.92. The second-order valence-corrected chi connectivity index (χ2v) is 4.07. The fourth-order valence-corrected chi connectivity index (χ4v) is 1.52. The molecule has 0 bridgehead atoms. The van der Waals surface area contributed by atoms with Gasteiger partial charge in [-0.1, -0.05) is 0 Å². The third-order valence-corrected chi connectivity index (χ3v) is 2.34. The highest BCUT2D eigenvalue weighted by atomic mass is 32.2. The summed E-state index contributed by atoms with van der Waals surface area (Å²) >= 11 is 1.05. The Morgan fingerprint density at radius 2 is 2.19 bits per heavy atom. The number of thioether (sulfide) groups is 1. The van der Waals surface area contributed by atoms with Gasteiger partial charge in [-0.2, -0.15) is 5.10 Å². The van der Waals surface area contributed by atoms with Crippen LogP contribution < -0.4 is 5.32 Å². The number of amidine groups is 1. The lowest BCUT2D eigenvalue weighted by Gasteiger charge is -1.90. The van der Waals surface area contributed by atoms with Crippen LogP contribution in [0.15, 0.2) is 21.2 Å². The van der Waals surface area contributed by atoms with Crippen molar-refractivity contribution in [3.63, 3.8) is 0 Å². The molecule has 1 N–H and O–H groups in total. The standard InChI is InChI=1S/C9H11N3O3S/c1-5(2)11-12-9-10-8(14)6(16-9)4-7(13)15-3/h4H,1-3H3,(H,10,12,14)/b6-4+. The zero-order valence-electron chi connectivity index (χ0n) is 9.10. The normalized spacial score (nSPS) is 19.8. The first-order chi connectivity index (χ1) is 7.52. The molecule has 0 radical (unpaired) electrons. The van der Waals surface area contributed by atoms with Crippen LogP contribution in [-0.4, -0.2) is 29.9 Å². The second-order valence-electron chi connectivity index (χ2n) is 3.04. The summed E-state index contributed by atoms with van der Waals surface area (Å²) in [5.41, 5.74) is 0.771. The Morgan fingerprint density at radius 3 is 2.75 bits per heavy atom. The van der Waals surface area contributed by atoms with Gasteiger partial charge < -0.3 is 4.74 Å². The predicted molar refractivity (Wildman–Crippen MR) is 62.1 cm³/mol. The number of carbonyl (C=O) groups excluding carboxylic acids is 2. The molecule has 86 valence electrons. The highest BCUT2D eigenvalue weighted by molar-refractivity contribution is 8.18. The smallest absolute Gasteiger partial charge is 0.331 e. The van der Waals surface area contributed by atoms with E-state index in [4.69, 9.17) is 0 Å². The molecule has 0 aromatic carbocycles. The van der Waals surface area contributed by atoms with Gasteiger partial charge in [-0.05, 0) is 25.6 Å². The van der Waals surface area contributed by atoms with Gasteiger partial charge in [-0.3, -0.25) is 10.1 Å². The Hall–Kier alpha value is -1.63. The van der Waals surface area contributed by atoms with Gasteiger partial charge in [0.05, 0.1) is 12.0 Å². The minimum Gasteiger partial charge on any atom is -0.466 e. The van der Waals surface area contributed by atoms with Crippen LogP contribution in [-0.2, 0) is 14.3 Å². The van der Waals surface area contributed by atoms with E-state index in [-0.39, 0.29) is 10.8 Å². The fraction of sp³-hybridized carbons (Fsp3) is 0.333. The zero-order chi connectivity index (χ0) is 12.1. The molecule has 6 nitrogen and oxygen atoms in total. The van der Waals surface area contributed by atoms with Crippen LogP contribution in [0.25, 0.3) is 0 Å². The van der Waals surface area contributed by atoms with E-state index in [9.17, 15) is 9.59 Å². The molecule has 1 aliphatic rings. The number of nitrogens with zero attached hydrogens (tertiary/aromatic N) is 2. The van der Waals surface area contributed by atoms with Gasteiger partial charge in [0.25, 0.3) is 5.91 Å². The van der Waals surface area contributed by atoms with E-state index in [1.54, 1.807) is 13.8 Å². The predicted octanol–water partition coefficient (Wildman–Crippen LogP) is 0.658. The first kappa shape index (κ1) is 12.4. The van der Waals surface area contributed by atoms with Crippen molar-refractivity contribution in [2.24, 2.45) is 10.2 Å². The van der Waals surface area contributed by atoms with Crippen molar-refractivity contribution in [3.05, 3.63) is 11.0 Å². The van der Waals surface area contributed by atoms with Crippen molar-refractivity contribution in [2.75, 3.05) is 7.11 Å². The Bertz CT molecular complexity index is 408. The molecule has 0 saturated carbocycles. The molecule has 1 rings (SSSR count). The van der Waals surface area contributed by atoms with Crippen molar-refractivity contribution in [1.29, 1.82) is 0 Å². The van der Waals surface area contributed by atoms with E-state index >= 15 is 0 Å². The Labute approximate surface area is 96.8 Å². The highest BCUT2D eigenvalue weighted by Gasteiger charge is 2.24. The van der Waals surface area contributed by atoms with E-state index in [2.05, 4.69) is 20.3 Å². The topological polar surface area (TPSA) is 80.1 Å². The van der Waals surface area contributed by atoms with Gasteiger partial charge >= 0.3 is 5.97 Å². The number of ether oxygens (including phenoxy) is 1. The number of esters is 1. The van der Waals surface area contributed by atoms with Gasteiger partial charge in [0.2, 0.25) is 0 Å². The summed E-state index contributed by atoms with van der Waals surface area (Å²) in [6, 6.07) is 0. The SMILES string of the molecule is COC(=O)/C=C1/S/C(=N/N=C(C)C)NC1=O. The Morgan fingerprint density at radius 1 is 1.50 bits per heavy atom. The number of hydrogen-bond acceptors (Lipinski definition) is 6. The van der Waals surface area contributed by atoms with Crippen molar-refractivity contribution in [1.82, 2.24) is 5.32 Å². The summed E-state index contributed by atoms with van der Waals surface area (Å²) in [4.78, 5) is 22.5. The molecule has 0 spiro atoms. The van der Waals surface area contributed by atoms with E-state index in [1.165, 1.54) is 7.11 Å². The van der Waals surface area contributed by atoms with Gasteiger partial charge in [0.1, 0.15) is 0 Å². The number of hydrogen-bond donors (Lipinski definition) is 1. The maximum atomic E-state index is 11.3. The Balaban J connectivity index is 2.79. The minimum absolute atomic E-state index is 0.245. The molecule has 0 aromatic rings. The van der Waals surface area contributed by atoms with Gasteiger partial charge in [-0.15, -0.1) is 5.10 Å². The molecule has 1 fully saturated rings. The van der Waals surface area contributed by atoms with Gasteiger partial charge in [-0.25, -0.2) is 4.79 Å². The molecule has 7 heteroatoms. The molecule has 0 unspecified atom stereocenters. The van der Waals surface area contributed by atoms with Gasteiger partial charge in [0, 0.05) is 11.8 Å². The largest absolute Gasteiger partial charge is 0.466 e. The number of methoxy groups -OCH3 is 1. The number of nitrogens with one attached hydrogen (secondary N) is 1. The summed E-state index contributed by atoms with van der Waals surface area (Å²) in [7, 11) is 1.25. The van der Waals surface area contributed by atoms with Crippen LogP contribution in [0.2, 0.25) is 0 Å². The molecule has 0 atom stereocenters. The van der Waals surface area contributed by atoms with Crippen molar-refractivity contribution >= 4 is 34.5 Å². The summed E-state index contributed by atoms with van der Waals surface area (Å²) in [6.45, 7) is 3.58. The summed E-state index contributed by atoms with van der Waals surface area (Å²) < 4.78 is 4.42. The maximum Gasteiger partial charge on any atom is 0.331 e. The molecule has 0 aromatic heterocycles. The van der Waals surface area contributed by atoms with Crippen LogP contribution in [0.5, 0.6) is 0 Å². The third kappa shape index (κ3) is 3.50. The van der Waals surface area contributed by atoms with Gasteiger partial charge in [0.15, 0.2) is 5.17 Å². The lowest BCUT2D eigenvalue weighted by atomic mass is 10.4. The van der Waals surface area contributed by atoms with Crippen molar-refractivity contribution < 1.29 is 14.3 Å². The van der Waals surface area contributed by atoms with Crippen LogP contribution in [0.1, 0.15) is 13.8 Å². The van der Waals surface area contributed by atoms with E-state index < -0.39 is 5.97 Å². The number of amides is 1. The molecule has 1 saturated heterocycles. The van der Waals surface area contributed by atoms with Crippen LogP contribution in [0.4, 0.5) is 0 Å². The highest BCUT2D eigenvalue weighted by Crippen LogP contribution is 2.23. The molecule has 1 heterocycles. The Kier molecular flexibility index (Phi) is 4.24. The summed E-state index contributed by atoms with van der Waals surface area (Å²) in [5.74, 6) is -0.952. The quantitative estimate of drug-likeness (QED) is 0.333. The first-order valence-electron chi connectivity index (χ1n) is 4.40. The molecule has 0 aliphatic carbocycles. The summed E-state index contributed by atoms with van der Waals surface area (Å²) in [6.07, 6.45) is 1.12. The summed E-state index contributed by atoms with van der Waals surface area (Å²) in [5, 5.41) is 10.4. The number of carbonyl (C=O) groups is 2. The third-order valence-electron chi connectivity index (χ3n) is 1.44. The van der Waals surface area contributed by atoms with E-state index in [0.717, 1.165) is 23.5 Å². The lowest BCUT2D eigenvalue weighted by Crippen LogP contribution is -2.19. The first-order valence-corrected chi connectivity index (χ1v) is 5.22. The number of rotatable bonds is 2. The molecule has 1 amide bonds. The lowest BCUT2D eigenvalue weighted by molar-refractivity contribution is -0.135.